The molecule has 0 saturated carbocycles. The summed E-state index contributed by atoms with van der Waals surface area (Å²) >= 11 is 6.83. The van der Waals surface area contributed by atoms with Crippen molar-refractivity contribution in [2.75, 3.05) is 17.8 Å². The van der Waals surface area contributed by atoms with Gasteiger partial charge < -0.3 is 4.74 Å². The number of carbonyl (C=O) groups is 1. The van der Waals surface area contributed by atoms with E-state index < -0.39 is 6.09 Å². The second-order valence-electron chi connectivity index (χ2n) is 2.96. The Morgan fingerprint density at radius 3 is 3.25 bits per heavy atom. The first-order valence-corrected chi connectivity index (χ1v) is 5.92. The minimum Gasteiger partial charge on any atom is -0.448 e. The number of alkyl halides is 1. The average Bonchev–Trinajstić information content (AvgIpc) is 2.78. The summed E-state index contributed by atoms with van der Waals surface area (Å²) in [7, 11) is 0. The molecule has 6 nitrogen and oxygen atoms in total. The van der Waals surface area contributed by atoms with Crippen LogP contribution < -0.4 is 5.32 Å². The molecule has 0 bridgehead atoms. The van der Waals surface area contributed by atoms with Crippen LogP contribution in [0.15, 0.2) is 5.38 Å². The molecule has 16 heavy (non-hydrogen) atoms. The van der Waals surface area contributed by atoms with Gasteiger partial charge in [0, 0.05) is 5.38 Å². The molecule has 0 aliphatic heterocycles. The van der Waals surface area contributed by atoms with Gasteiger partial charge in [-0.3, -0.25) is 5.32 Å². The Balaban J connectivity index is 2.06. The van der Waals surface area contributed by atoms with Gasteiger partial charge in [-0.1, -0.05) is 0 Å². The van der Waals surface area contributed by atoms with E-state index in [9.17, 15) is 4.79 Å². The molecule has 0 spiro atoms. The minimum atomic E-state index is -0.600. The number of carbonyl (C=O) groups excluding carboxylic acids is 1. The molecule has 0 saturated heterocycles. The van der Waals surface area contributed by atoms with Gasteiger partial charge in [0.05, 0.1) is 11.6 Å². The molecule has 2 aromatic heterocycles. The Bertz CT molecular complexity index is 509. The topological polar surface area (TPSA) is 68.5 Å². The van der Waals surface area contributed by atoms with Crippen molar-refractivity contribution in [1.29, 1.82) is 0 Å². The normalized spacial score (nSPS) is 10.6. The van der Waals surface area contributed by atoms with Gasteiger partial charge in [0.25, 0.3) is 5.95 Å². The van der Waals surface area contributed by atoms with Gasteiger partial charge in [-0.05, 0) is 6.92 Å². The summed E-state index contributed by atoms with van der Waals surface area (Å²) in [4.78, 5) is 16.0. The number of fused-ring (bicyclic) bond motifs is 1. The molecule has 0 atom stereocenters. The SMILES string of the molecule is Cc1csc2nc(NC(=O)OCCCl)nn12. The van der Waals surface area contributed by atoms with Crippen LogP contribution >= 0.6 is 22.9 Å². The van der Waals surface area contributed by atoms with Crippen molar-refractivity contribution in [3.8, 4) is 0 Å². The molecular weight excluding hydrogens is 252 g/mol. The second kappa shape index (κ2) is 4.67. The first-order chi connectivity index (χ1) is 7.70. The number of nitrogens with one attached hydrogen (secondary N) is 1. The van der Waals surface area contributed by atoms with Crippen molar-refractivity contribution < 1.29 is 9.53 Å². The molecule has 86 valence electrons. The van der Waals surface area contributed by atoms with E-state index in [2.05, 4.69) is 15.4 Å². The molecule has 0 aliphatic carbocycles. The maximum atomic E-state index is 11.2. The van der Waals surface area contributed by atoms with Crippen LogP contribution in [0.5, 0.6) is 0 Å². The van der Waals surface area contributed by atoms with Gasteiger partial charge in [0.1, 0.15) is 6.61 Å². The van der Waals surface area contributed by atoms with Crippen molar-refractivity contribution in [2.24, 2.45) is 0 Å². The lowest BCUT2D eigenvalue weighted by molar-refractivity contribution is 0.168. The lowest BCUT2D eigenvalue weighted by Crippen LogP contribution is -2.15. The number of hydrogen-bond donors (Lipinski definition) is 1. The molecule has 0 unspecified atom stereocenters. The van der Waals surface area contributed by atoms with E-state index in [4.69, 9.17) is 16.3 Å². The van der Waals surface area contributed by atoms with Crippen molar-refractivity contribution in [2.45, 2.75) is 6.92 Å². The van der Waals surface area contributed by atoms with Crippen molar-refractivity contribution in [3.05, 3.63) is 11.1 Å². The summed E-state index contributed by atoms with van der Waals surface area (Å²) in [6.45, 7) is 2.07. The second-order valence-corrected chi connectivity index (χ2v) is 4.17. The number of aromatic nitrogens is 3. The third kappa shape index (κ3) is 2.25. The standard InChI is InChI=1S/C8H9ClN4O2S/c1-5-4-16-7-10-6(12-13(5)7)11-8(14)15-3-2-9/h4H,2-3H2,1H3,(H,11,12,14). The number of halogens is 1. The highest BCUT2D eigenvalue weighted by atomic mass is 35.5. The van der Waals surface area contributed by atoms with Gasteiger partial charge in [0.2, 0.25) is 4.96 Å². The molecule has 1 N–H and O–H groups in total. The summed E-state index contributed by atoms with van der Waals surface area (Å²) < 4.78 is 6.38. The largest absolute Gasteiger partial charge is 0.448 e. The van der Waals surface area contributed by atoms with Crippen LogP contribution in [0.25, 0.3) is 4.96 Å². The smallest absolute Gasteiger partial charge is 0.414 e. The predicted molar refractivity (Wildman–Crippen MR) is 61.3 cm³/mol. The van der Waals surface area contributed by atoms with Crippen molar-refractivity contribution in [1.82, 2.24) is 14.6 Å². The highest BCUT2D eigenvalue weighted by Crippen LogP contribution is 2.15. The molecule has 1 amide bonds. The first kappa shape index (κ1) is 11.2. The van der Waals surface area contributed by atoms with Crippen LogP contribution in [0.3, 0.4) is 0 Å². The van der Waals surface area contributed by atoms with E-state index in [1.165, 1.54) is 11.3 Å². The van der Waals surface area contributed by atoms with Crippen LogP contribution in [0.1, 0.15) is 5.69 Å². The minimum absolute atomic E-state index is 0.161. The zero-order chi connectivity index (χ0) is 11.5. The third-order valence-corrected chi connectivity index (χ3v) is 2.86. The molecule has 2 rings (SSSR count). The Kier molecular flexibility index (Phi) is 3.25. The maximum absolute atomic E-state index is 11.2. The Morgan fingerprint density at radius 1 is 1.75 bits per heavy atom. The lowest BCUT2D eigenvalue weighted by Gasteiger charge is -2.00. The molecule has 0 aliphatic rings. The van der Waals surface area contributed by atoms with Gasteiger partial charge in [-0.2, -0.15) is 4.98 Å². The highest BCUT2D eigenvalue weighted by Gasteiger charge is 2.10. The van der Waals surface area contributed by atoms with E-state index in [1.54, 1.807) is 4.52 Å². The van der Waals surface area contributed by atoms with E-state index >= 15 is 0 Å². The maximum Gasteiger partial charge on any atom is 0.414 e. The van der Waals surface area contributed by atoms with Gasteiger partial charge in [0.15, 0.2) is 0 Å². The Labute approximate surface area is 100 Å². The number of hydrogen-bond acceptors (Lipinski definition) is 5. The van der Waals surface area contributed by atoms with Crippen LogP contribution in [-0.4, -0.2) is 33.2 Å². The Morgan fingerprint density at radius 2 is 2.56 bits per heavy atom. The van der Waals surface area contributed by atoms with E-state index in [1.807, 2.05) is 12.3 Å². The zero-order valence-corrected chi connectivity index (χ0v) is 10.0. The average molecular weight is 261 g/mol. The number of nitrogens with zero attached hydrogens (tertiary/aromatic N) is 3. The number of aryl methyl sites for hydroxylation is 1. The summed E-state index contributed by atoms with van der Waals surface area (Å²) in [5.74, 6) is 0.493. The molecule has 0 aromatic carbocycles. The molecule has 0 radical (unpaired) electrons. The zero-order valence-electron chi connectivity index (χ0n) is 8.44. The fraction of sp³-hybridized carbons (Fsp3) is 0.375. The molecule has 0 fully saturated rings. The van der Waals surface area contributed by atoms with Gasteiger partial charge >= 0.3 is 6.09 Å². The van der Waals surface area contributed by atoms with Gasteiger partial charge in [-0.25, -0.2) is 9.31 Å². The fourth-order valence-corrected chi connectivity index (χ4v) is 1.98. The number of ether oxygens (including phenoxy) is 1. The molecule has 2 aromatic rings. The summed E-state index contributed by atoms with van der Waals surface area (Å²) in [5, 5.41) is 8.45. The molecular formula is C8H9ClN4O2S. The molecule has 2 heterocycles. The highest BCUT2D eigenvalue weighted by molar-refractivity contribution is 7.15. The van der Waals surface area contributed by atoms with Crippen LogP contribution in [0.4, 0.5) is 10.7 Å². The quantitative estimate of drug-likeness (QED) is 0.856. The summed E-state index contributed by atoms with van der Waals surface area (Å²) in [6, 6.07) is 0. The lowest BCUT2D eigenvalue weighted by atomic mass is 10.6. The van der Waals surface area contributed by atoms with E-state index in [0.29, 0.717) is 0 Å². The predicted octanol–water partition coefficient (Wildman–Crippen LogP) is 1.89. The Hall–Kier alpha value is -1.34. The van der Waals surface area contributed by atoms with Crippen molar-refractivity contribution >= 4 is 39.9 Å². The fourth-order valence-electron chi connectivity index (χ4n) is 1.10. The summed E-state index contributed by atoms with van der Waals surface area (Å²) in [6.07, 6.45) is -0.600. The third-order valence-electron chi connectivity index (χ3n) is 1.77. The number of thiazole rings is 1. The van der Waals surface area contributed by atoms with E-state index in [0.717, 1.165) is 10.7 Å². The van der Waals surface area contributed by atoms with Crippen LogP contribution in [-0.2, 0) is 4.74 Å². The monoisotopic (exact) mass is 260 g/mol. The van der Waals surface area contributed by atoms with Crippen LogP contribution in [0, 0.1) is 6.92 Å². The summed E-state index contributed by atoms with van der Waals surface area (Å²) in [5.41, 5.74) is 0.967. The number of anilines is 1. The van der Waals surface area contributed by atoms with Crippen molar-refractivity contribution in [3.63, 3.8) is 0 Å². The number of rotatable bonds is 3. The first-order valence-electron chi connectivity index (χ1n) is 4.51. The number of amides is 1. The molecule has 8 heteroatoms. The van der Waals surface area contributed by atoms with E-state index in [-0.39, 0.29) is 18.4 Å². The van der Waals surface area contributed by atoms with Gasteiger partial charge in [-0.15, -0.1) is 28.0 Å². The van der Waals surface area contributed by atoms with Crippen LogP contribution in [0.2, 0.25) is 0 Å².